The van der Waals surface area contributed by atoms with Gasteiger partial charge in [-0.3, -0.25) is 0 Å². The normalized spacial score (nSPS) is 9.85. The topological polar surface area (TPSA) is 96.3 Å². The van der Waals surface area contributed by atoms with E-state index in [-0.39, 0.29) is 5.82 Å². The average Bonchev–Trinajstić information content (AvgIpc) is 2.65. The summed E-state index contributed by atoms with van der Waals surface area (Å²) in [5.41, 5.74) is 12.8. The first-order chi connectivity index (χ1) is 12.4. The molecular formula is C18H18BrFN4O2. The Morgan fingerprint density at radius 1 is 0.808 bits per heavy atom. The Morgan fingerprint density at radius 2 is 1.35 bits per heavy atom. The molecule has 0 saturated heterocycles. The summed E-state index contributed by atoms with van der Waals surface area (Å²) in [6.07, 6.45) is 0. The summed E-state index contributed by atoms with van der Waals surface area (Å²) >= 11 is 3.22. The maximum Gasteiger partial charge on any atom is 0.214 e. The van der Waals surface area contributed by atoms with Gasteiger partial charge in [0.05, 0.1) is 18.7 Å². The van der Waals surface area contributed by atoms with Gasteiger partial charge in [-0.15, -0.1) is 0 Å². The SMILES string of the molecule is COc1ccc(-c2ccc(F)cc2)c(N)n1.COc1ccc(Br)c(N)n1. The number of aromatic nitrogens is 2. The van der Waals surface area contributed by atoms with Crippen molar-refractivity contribution in [1.82, 2.24) is 9.97 Å². The largest absolute Gasteiger partial charge is 0.481 e. The van der Waals surface area contributed by atoms with Crippen LogP contribution in [-0.4, -0.2) is 24.2 Å². The number of hydrogen-bond donors (Lipinski definition) is 2. The van der Waals surface area contributed by atoms with Gasteiger partial charge in [-0.2, -0.15) is 9.97 Å². The highest BCUT2D eigenvalue weighted by atomic mass is 79.9. The molecule has 2 heterocycles. The summed E-state index contributed by atoms with van der Waals surface area (Å²) in [5, 5.41) is 0. The molecule has 0 atom stereocenters. The van der Waals surface area contributed by atoms with E-state index in [2.05, 4.69) is 25.9 Å². The number of methoxy groups -OCH3 is 2. The van der Waals surface area contributed by atoms with Crippen molar-refractivity contribution >= 4 is 27.6 Å². The third-order valence-electron chi connectivity index (χ3n) is 3.32. The molecule has 0 radical (unpaired) electrons. The van der Waals surface area contributed by atoms with Gasteiger partial charge in [0.25, 0.3) is 0 Å². The Kier molecular flexibility index (Phi) is 6.74. The van der Waals surface area contributed by atoms with Crippen LogP contribution >= 0.6 is 15.9 Å². The monoisotopic (exact) mass is 420 g/mol. The van der Waals surface area contributed by atoms with E-state index >= 15 is 0 Å². The van der Waals surface area contributed by atoms with Crippen molar-refractivity contribution in [2.24, 2.45) is 0 Å². The van der Waals surface area contributed by atoms with Gasteiger partial charge in [-0.1, -0.05) is 12.1 Å². The lowest BCUT2D eigenvalue weighted by Crippen LogP contribution is -1.96. The molecule has 2 aromatic heterocycles. The van der Waals surface area contributed by atoms with Crippen LogP contribution in [0.1, 0.15) is 0 Å². The van der Waals surface area contributed by atoms with Crippen LogP contribution in [0.15, 0.2) is 53.0 Å². The highest BCUT2D eigenvalue weighted by Crippen LogP contribution is 2.26. The molecule has 0 unspecified atom stereocenters. The number of nitrogen functional groups attached to an aromatic ring is 2. The highest BCUT2D eigenvalue weighted by molar-refractivity contribution is 9.10. The molecule has 0 amide bonds. The second kappa shape index (κ2) is 9.00. The molecule has 136 valence electrons. The molecule has 0 aliphatic heterocycles. The van der Waals surface area contributed by atoms with Crippen LogP contribution in [0.4, 0.5) is 16.0 Å². The molecule has 8 heteroatoms. The van der Waals surface area contributed by atoms with Crippen molar-refractivity contribution in [1.29, 1.82) is 0 Å². The lowest BCUT2D eigenvalue weighted by atomic mass is 10.1. The third kappa shape index (κ3) is 5.06. The van der Waals surface area contributed by atoms with E-state index in [9.17, 15) is 4.39 Å². The van der Waals surface area contributed by atoms with Crippen LogP contribution < -0.4 is 20.9 Å². The maximum atomic E-state index is 12.8. The number of benzene rings is 1. The Balaban J connectivity index is 0.000000209. The van der Waals surface area contributed by atoms with E-state index in [1.165, 1.54) is 19.2 Å². The fourth-order valence-electron chi connectivity index (χ4n) is 2.00. The van der Waals surface area contributed by atoms with Crippen LogP contribution in [0.2, 0.25) is 0 Å². The average molecular weight is 421 g/mol. The summed E-state index contributed by atoms with van der Waals surface area (Å²) in [6, 6.07) is 13.1. The molecule has 0 saturated carbocycles. The Morgan fingerprint density at radius 3 is 1.85 bits per heavy atom. The predicted molar refractivity (Wildman–Crippen MR) is 103 cm³/mol. The van der Waals surface area contributed by atoms with Gasteiger partial charge in [0.1, 0.15) is 17.5 Å². The molecule has 0 bridgehead atoms. The van der Waals surface area contributed by atoms with E-state index < -0.39 is 0 Å². The first-order valence-electron chi connectivity index (χ1n) is 7.47. The number of nitrogens with two attached hydrogens (primary N) is 2. The molecule has 0 aliphatic carbocycles. The van der Waals surface area contributed by atoms with Gasteiger partial charge in [-0.25, -0.2) is 4.39 Å². The van der Waals surface area contributed by atoms with E-state index in [4.69, 9.17) is 20.9 Å². The van der Waals surface area contributed by atoms with Crippen LogP contribution in [0.25, 0.3) is 11.1 Å². The van der Waals surface area contributed by atoms with Gasteiger partial charge >= 0.3 is 0 Å². The van der Waals surface area contributed by atoms with Gasteiger partial charge in [0.2, 0.25) is 11.8 Å². The zero-order valence-electron chi connectivity index (χ0n) is 14.2. The number of pyridine rings is 2. The number of ether oxygens (including phenoxy) is 2. The van der Waals surface area contributed by atoms with Gasteiger partial charge in [-0.05, 0) is 45.8 Å². The first-order valence-corrected chi connectivity index (χ1v) is 8.26. The molecule has 1 aromatic carbocycles. The zero-order chi connectivity index (χ0) is 19.1. The second-order valence-corrected chi connectivity index (χ2v) is 5.87. The first kappa shape index (κ1) is 19.5. The van der Waals surface area contributed by atoms with Crippen molar-refractivity contribution < 1.29 is 13.9 Å². The minimum Gasteiger partial charge on any atom is -0.481 e. The molecule has 6 nitrogen and oxygen atoms in total. The van der Waals surface area contributed by atoms with Crippen molar-refractivity contribution in [3.05, 3.63) is 58.8 Å². The fourth-order valence-corrected chi connectivity index (χ4v) is 2.22. The van der Waals surface area contributed by atoms with E-state index in [0.717, 1.165) is 15.6 Å². The van der Waals surface area contributed by atoms with Gasteiger partial charge in [0, 0.05) is 17.7 Å². The number of nitrogens with zero attached hydrogens (tertiary/aromatic N) is 2. The lowest BCUT2D eigenvalue weighted by Gasteiger charge is -2.06. The zero-order valence-corrected chi connectivity index (χ0v) is 15.8. The van der Waals surface area contributed by atoms with Crippen molar-refractivity contribution in [3.63, 3.8) is 0 Å². The summed E-state index contributed by atoms with van der Waals surface area (Å²) in [7, 11) is 3.08. The number of halogens is 2. The minimum absolute atomic E-state index is 0.274. The van der Waals surface area contributed by atoms with E-state index in [1.54, 1.807) is 43.5 Å². The second-order valence-electron chi connectivity index (χ2n) is 5.01. The summed E-state index contributed by atoms with van der Waals surface area (Å²) in [5.74, 6) is 1.53. The Labute approximate surface area is 159 Å². The van der Waals surface area contributed by atoms with Crippen molar-refractivity contribution in [3.8, 4) is 22.9 Å². The molecular weight excluding hydrogens is 403 g/mol. The Bertz CT molecular complexity index is 876. The smallest absolute Gasteiger partial charge is 0.214 e. The summed E-state index contributed by atoms with van der Waals surface area (Å²) in [6.45, 7) is 0. The Hall–Kier alpha value is -2.87. The van der Waals surface area contributed by atoms with Crippen molar-refractivity contribution in [2.45, 2.75) is 0 Å². The van der Waals surface area contributed by atoms with Gasteiger partial charge in [0.15, 0.2) is 0 Å². The molecule has 0 spiro atoms. The lowest BCUT2D eigenvalue weighted by molar-refractivity contribution is 0.398. The molecule has 26 heavy (non-hydrogen) atoms. The van der Waals surface area contributed by atoms with Crippen LogP contribution in [0.3, 0.4) is 0 Å². The molecule has 0 aliphatic rings. The van der Waals surface area contributed by atoms with Gasteiger partial charge < -0.3 is 20.9 Å². The van der Waals surface area contributed by atoms with Crippen LogP contribution in [-0.2, 0) is 0 Å². The maximum absolute atomic E-state index is 12.8. The fraction of sp³-hybridized carbons (Fsp3) is 0.111. The molecule has 0 fully saturated rings. The van der Waals surface area contributed by atoms with Crippen LogP contribution in [0.5, 0.6) is 11.8 Å². The summed E-state index contributed by atoms with van der Waals surface area (Å²) in [4.78, 5) is 7.95. The third-order valence-corrected chi connectivity index (χ3v) is 3.99. The van der Waals surface area contributed by atoms with Crippen LogP contribution in [0, 0.1) is 5.82 Å². The standard InChI is InChI=1S/C12H11FN2O.C6H7BrN2O/c1-16-11-7-6-10(12(14)15-11)8-2-4-9(13)5-3-8;1-10-5-3-2-4(7)6(8)9-5/h2-7H,1H3,(H2,14,15);2-3H,1H3,(H2,8,9). The van der Waals surface area contributed by atoms with E-state index in [1.807, 2.05) is 0 Å². The quantitative estimate of drug-likeness (QED) is 0.666. The minimum atomic E-state index is -0.274. The molecule has 4 N–H and O–H groups in total. The predicted octanol–water partition coefficient (Wildman–Crippen LogP) is 3.91. The number of anilines is 2. The summed E-state index contributed by atoms with van der Waals surface area (Å²) < 4.78 is 23.3. The van der Waals surface area contributed by atoms with E-state index in [0.29, 0.717) is 23.4 Å². The highest BCUT2D eigenvalue weighted by Gasteiger charge is 2.05. The van der Waals surface area contributed by atoms with Crippen molar-refractivity contribution in [2.75, 3.05) is 25.7 Å². The molecule has 3 rings (SSSR count). The molecule has 3 aromatic rings. The number of rotatable bonds is 3. The number of hydrogen-bond acceptors (Lipinski definition) is 6.